The van der Waals surface area contributed by atoms with Gasteiger partial charge in [0.1, 0.15) is 34.0 Å². The van der Waals surface area contributed by atoms with E-state index in [1.807, 2.05) is 11.8 Å². The number of aromatic nitrogens is 3. The number of thiophene rings is 1. The lowest BCUT2D eigenvalue weighted by atomic mass is 9.86. The number of ether oxygens (including phenoxy) is 1. The lowest BCUT2D eigenvalue weighted by Crippen LogP contribution is -2.45. The molecule has 3 aromatic rings. The molecule has 2 amide bonds. The third-order valence-corrected chi connectivity index (χ3v) is 10.6. The highest BCUT2D eigenvalue weighted by atomic mass is 32.1. The molecule has 8 rings (SSSR count). The van der Waals surface area contributed by atoms with Crippen LogP contribution in [-0.2, 0) is 28.0 Å². The van der Waals surface area contributed by atoms with Gasteiger partial charge >= 0.3 is 0 Å². The number of likely N-dealkylation sites (tertiary alicyclic amines) is 1. The molecule has 0 radical (unpaired) electrons. The van der Waals surface area contributed by atoms with Crippen molar-refractivity contribution in [2.24, 2.45) is 5.92 Å². The van der Waals surface area contributed by atoms with E-state index in [0.717, 1.165) is 67.3 Å². The van der Waals surface area contributed by atoms with E-state index in [1.165, 1.54) is 16.8 Å². The molecule has 0 unspecified atom stereocenters. The van der Waals surface area contributed by atoms with E-state index in [2.05, 4.69) is 20.6 Å². The molecule has 3 atom stereocenters. The van der Waals surface area contributed by atoms with Crippen molar-refractivity contribution in [1.29, 1.82) is 0 Å². The number of amides is 2. The molecule has 39 heavy (non-hydrogen) atoms. The molecular formula is C28H30N6O4S. The van der Waals surface area contributed by atoms with Gasteiger partial charge in [0, 0.05) is 17.3 Å². The van der Waals surface area contributed by atoms with Gasteiger partial charge in [-0.05, 0) is 75.5 Å². The number of aryl methyl sites for hydroxylation is 2. The van der Waals surface area contributed by atoms with Crippen LogP contribution in [0.5, 0.6) is 0 Å². The minimum absolute atomic E-state index is 0.0223. The quantitative estimate of drug-likeness (QED) is 0.519. The molecule has 3 fully saturated rings. The van der Waals surface area contributed by atoms with Gasteiger partial charge in [0.25, 0.3) is 11.5 Å². The minimum atomic E-state index is -0.628. The molecule has 3 aromatic heterocycles. The van der Waals surface area contributed by atoms with Crippen LogP contribution in [0.1, 0.15) is 65.0 Å². The van der Waals surface area contributed by atoms with Gasteiger partial charge in [-0.3, -0.25) is 19.0 Å². The van der Waals surface area contributed by atoms with Gasteiger partial charge in [-0.25, -0.2) is 9.97 Å². The number of hydrogen-bond donors (Lipinski definition) is 2. The third-order valence-electron chi connectivity index (χ3n) is 9.44. The molecule has 2 bridgehead atoms. The third kappa shape index (κ3) is 3.38. The van der Waals surface area contributed by atoms with Crippen molar-refractivity contribution in [3.63, 3.8) is 0 Å². The van der Waals surface area contributed by atoms with E-state index in [4.69, 9.17) is 4.74 Å². The van der Waals surface area contributed by atoms with Crippen LogP contribution in [0.3, 0.4) is 0 Å². The fourth-order valence-corrected chi connectivity index (χ4v) is 8.87. The molecule has 10 nitrogen and oxygen atoms in total. The fraction of sp³-hybridized carbons (Fsp3) is 0.536. The van der Waals surface area contributed by atoms with E-state index in [-0.39, 0.29) is 35.4 Å². The minimum Gasteiger partial charge on any atom is -0.374 e. The van der Waals surface area contributed by atoms with Gasteiger partial charge < -0.3 is 20.3 Å². The van der Waals surface area contributed by atoms with Gasteiger partial charge in [0.15, 0.2) is 0 Å². The summed E-state index contributed by atoms with van der Waals surface area (Å²) in [6.07, 6.45) is 8.44. The Morgan fingerprint density at radius 1 is 1.26 bits per heavy atom. The predicted molar refractivity (Wildman–Crippen MR) is 145 cm³/mol. The molecular weight excluding hydrogens is 516 g/mol. The fourth-order valence-electron chi connectivity index (χ4n) is 7.61. The van der Waals surface area contributed by atoms with Crippen molar-refractivity contribution in [3.8, 4) is 0 Å². The molecule has 5 aliphatic rings. The summed E-state index contributed by atoms with van der Waals surface area (Å²) >= 11 is 1.62. The van der Waals surface area contributed by atoms with E-state index < -0.39 is 5.66 Å². The maximum atomic E-state index is 13.8. The van der Waals surface area contributed by atoms with Crippen LogP contribution in [0.2, 0.25) is 0 Å². The van der Waals surface area contributed by atoms with Gasteiger partial charge in [-0.1, -0.05) is 0 Å². The number of carbonyl (C=O) groups is 2. The average molecular weight is 547 g/mol. The van der Waals surface area contributed by atoms with Gasteiger partial charge in [-0.2, -0.15) is 0 Å². The Bertz CT molecular complexity index is 1620. The number of morpholine rings is 1. The van der Waals surface area contributed by atoms with E-state index in [1.54, 1.807) is 22.0 Å². The Morgan fingerprint density at radius 2 is 2.10 bits per heavy atom. The van der Waals surface area contributed by atoms with Crippen LogP contribution < -0.4 is 16.2 Å². The summed E-state index contributed by atoms with van der Waals surface area (Å²) in [4.78, 5) is 53.2. The van der Waals surface area contributed by atoms with Crippen molar-refractivity contribution in [2.75, 3.05) is 18.5 Å². The van der Waals surface area contributed by atoms with Gasteiger partial charge in [-0.15, -0.1) is 11.3 Å². The summed E-state index contributed by atoms with van der Waals surface area (Å²) in [5, 5.41) is 7.38. The SMILES string of the molecule is Cc1cc(Nc2ncnc3sc4c(c23)CC[C@H](C(=O)N2C[C@H]3C[C@@H]2CO3)C4)c(=O)n2c1C(=O)NC21CCCC1. The van der Waals surface area contributed by atoms with Crippen LogP contribution in [0.4, 0.5) is 11.5 Å². The number of carbonyl (C=O) groups excluding carboxylic acids is 2. The molecule has 2 N–H and O–H groups in total. The first-order valence-corrected chi connectivity index (χ1v) is 14.8. The standard InChI is InChI=1S/C28H30N6O4S/c1-14-8-19(27(37)34-22(14)24(35)32-28(34)6-2-3-7-28)31-23-21-18-5-4-15(9-20(18)39-25(21)30-13-29-23)26(36)33-11-17-10-16(33)12-38-17/h8,13,15-17H,2-7,9-12H2,1H3,(H,32,35)(H,29,30,31)/t15-,16+,17+/m0/s1. The first-order valence-electron chi connectivity index (χ1n) is 14.0. The second-order valence-electron chi connectivity index (χ2n) is 11.7. The second-order valence-corrected chi connectivity index (χ2v) is 12.8. The normalized spacial score (nSPS) is 26.3. The lowest BCUT2D eigenvalue weighted by molar-refractivity contribution is -0.140. The number of hydrogen-bond acceptors (Lipinski definition) is 8. The highest BCUT2D eigenvalue weighted by molar-refractivity contribution is 7.19. The van der Waals surface area contributed by atoms with Crippen LogP contribution in [-0.4, -0.2) is 56.5 Å². The summed E-state index contributed by atoms with van der Waals surface area (Å²) in [5.41, 5.74) is 1.97. The summed E-state index contributed by atoms with van der Waals surface area (Å²) in [5.74, 6) is 0.661. The monoisotopic (exact) mass is 546 g/mol. The number of anilines is 2. The van der Waals surface area contributed by atoms with E-state index in [9.17, 15) is 14.4 Å². The van der Waals surface area contributed by atoms with Crippen LogP contribution in [0.25, 0.3) is 10.2 Å². The number of fused-ring (bicyclic) bond motifs is 7. The summed E-state index contributed by atoms with van der Waals surface area (Å²) in [7, 11) is 0. The van der Waals surface area contributed by atoms with Crippen molar-refractivity contribution in [3.05, 3.63) is 44.4 Å². The highest BCUT2D eigenvalue weighted by Gasteiger charge is 2.47. The first-order chi connectivity index (χ1) is 18.9. The number of nitrogens with zero attached hydrogens (tertiary/aromatic N) is 4. The van der Waals surface area contributed by atoms with E-state index >= 15 is 0 Å². The Balaban J connectivity index is 1.13. The zero-order valence-corrected chi connectivity index (χ0v) is 22.6. The Hall–Kier alpha value is -3.31. The molecule has 11 heteroatoms. The molecule has 2 aliphatic carbocycles. The van der Waals surface area contributed by atoms with Crippen LogP contribution in [0.15, 0.2) is 17.2 Å². The highest BCUT2D eigenvalue weighted by Crippen LogP contribution is 2.42. The molecule has 2 saturated heterocycles. The smallest absolute Gasteiger partial charge is 0.276 e. The molecule has 1 saturated carbocycles. The Morgan fingerprint density at radius 3 is 2.87 bits per heavy atom. The maximum Gasteiger partial charge on any atom is 0.276 e. The first kappa shape index (κ1) is 23.6. The van der Waals surface area contributed by atoms with Crippen LogP contribution in [0, 0.1) is 12.8 Å². The molecule has 1 spiro atoms. The molecule has 202 valence electrons. The largest absolute Gasteiger partial charge is 0.374 e. The Labute approximate surface area is 228 Å². The number of pyridine rings is 1. The molecule has 3 aliphatic heterocycles. The lowest BCUT2D eigenvalue weighted by Gasteiger charge is -2.32. The van der Waals surface area contributed by atoms with Gasteiger partial charge in [0.2, 0.25) is 5.91 Å². The predicted octanol–water partition coefficient (Wildman–Crippen LogP) is 2.98. The van der Waals surface area contributed by atoms with Crippen molar-refractivity contribution < 1.29 is 14.3 Å². The number of rotatable bonds is 3. The zero-order valence-electron chi connectivity index (χ0n) is 21.8. The topological polar surface area (TPSA) is 118 Å². The van der Waals surface area contributed by atoms with Gasteiger partial charge in [0.05, 0.1) is 24.1 Å². The maximum absolute atomic E-state index is 13.8. The molecule has 0 aromatic carbocycles. The van der Waals surface area contributed by atoms with Crippen molar-refractivity contribution in [1.82, 2.24) is 24.8 Å². The second kappa shape index (κ2) is 8.34. The van der Waals surface area contributed by atoms with Crippen molar-refractivity contribution >= 4 is 44.9 Å². The zero-order chi connectivity index (χ0) is 26.5. The van der Waals surface area contributed by atoms with Crippen LogP contribution >= 0.6 is 11.3 Å². The summed E-state index contributed by atoms with van der Waals surface area (Å²) in [6, 6.07) is 1.99. The molecule has 6 heterocycles. The summed E-state index contributed by atoms with van der Waals surface area (Å²) < 4.78 is 7.38. The Kier molecular flexibility index (Phi) is 5.04. The van der Waals surface area contributed by atoms with E-state index in [0.29, 0.717) is 30.2 Å². The summed E-state index contributed by atoms with van der Waals surface area (Å²) in [6.45, 7) is 3.26. The average Bonchev–Trinajstić information content (AvgIpc) is 3.75. The van der Waals surface area contributed by atoms with Crippen molar-refractivity contribution in [2.45, 2.75) is 76.1 Å². The number of nitrogens with one attached hydrogen (secondary N) is 2.